The van der Waals surface area contributed by atoms with Gasteiger partial charge in [0.05, 0.1) is 5.69 Å². The second kappa shape index (κ2) is 6.36. The molecule has 0 atom stereocenters. The zero-order valence-corrected chi connectivity index (χ0v) is 15.3. The lowest BCUT2D eigenvalue weighted by atomic mass is 10.0. The van der Waals surface area contributed by atoms with Crippen LogP contribution in [0.4, 0.5) is 5.95 Å². The van der Waals surface area contributed by atoms with Crippen LogP contribution in [0.25, 0.3) is 0 Å². The van der Waals surface area contributed by atoms with Gasteiger partial charge < -0.3 is 4.90 Å². The maximum atomic E-state index is 4.89. The maximum absolute atomic E-state index is 4.89. The van der Waals surface area contributed by atoms with Gasteiger partial charge in [-0.2, -0.15) is 0 Å². The van der Waals surface area contributed by atoms with E-state index in [2.05, 4.69) is 60.5 Å². The second-order valence-corrected chi connectivity index (χ2v) is 8.10. The Kier molecular flexibility index (Phi) is 4.61. The van der Waals surface area contributed by atoms with Crippen LogP contribution in [0.3, 0.4) is 0 Å². The van der Waals surface area contributed by atoms with E-state index in [0.717, 1.165) is 51.6 Å². The largest absolute Gasteiger partial charge is 0.338 e. The van der Waals surface area contributed by atoms with Gasteiger partial charge in [-0.1, -0.05) is 0 Å². The summed E-state index contributed by atoms with van der Waals surface area (Å²) in [5.41, 5.74) is 2.82. The zero-order valence-electron chi connectivity index (χ0n) is 15.3. The molecular weight excluding hydrogens is 286 g/mol. The Morgan fingerprint density at radius 2 is 1.74 bits per heavy atom. The van der Waals surface area contributed by atoms with Gasteiger partial charge in [0, 0.05) is 69.0 Å². The first-order valence-corrected chi connectivity index (χ1v) is 8.93. The molecule has 5 nitrogen and oxygen atoms in total. The van der Waals surface area contributed by atoms with E-state index in [1.54, 1.807) is 0 Å². The third-order valence-corrected chi connectivity index (χ3v) is 5.19. The number of hydrogen-bond acceptors (Lipinski definition) is 5. The lowest BCUT2D eigenvalue weighted by molar-refractivity contribution is 0.128. The highest BCUT2D eigenvalue weighted by Crippen LogP contribution is 2.22. The summed E-state index contributed by atoms with van der Waals surface area (Å²) >= 11 is 0. The van der Waals surface area contributed by atoms with Crippen LogP contribution in [0.1, 0.15) is 45.9 Å². The van der Waals surface area contributed by atoms with E-state index in [1.165, 1.54) is 11.3 Å². The van der Waals surface area contributed by atoms with Gasteiger partial charge in [-0.15, -0.1) is 0 Å². The van der Waals surface area contributed by atoms with Crippen LogP contribution in [0.2, 0.25) is 0 Å². The van der Waals surface area contributed by atoms with Crippen LogP contribution in [0.5, 0.6) is 0 Å². The van der Waals surface area contributed by atoms with Crippen molar-refractivity contribution in [2.45, 2.75) is 59.2 Å². The van der Waals surface area contributed by atoms with Gasteiger partial charge >= 0.3 is 0 Å². The van der Waals surface area contributed by atoms with Crippen LogP contribution < -0.4 is 4.90 Å². The fourth-order valence-electron chi connectivity index (χ4n) is 3.50. The third kappa shape index (κ3) is 3.66. The zero-order chi connectivity index (χ0) is 16.6. The molecule has 0 aliphatic carbocycles. The predicted octanol–water partition coefficient (Wildman–Crippen LogP) is 2.16. The Balaban J connectivity index is 1.67. The van der Waals surface area contributed by atoms with Crippen molar-refractivity contribution < 1.29 is 0 Å². The molecule has 3 heterocycles. The molecule has 1 aromatic rings. The topological polar surface area (TPSA) is 35.5 Å². The maximum Gasteiger partial charge on any atom is 0.225 e. The SMILES string of the molecule is CC(C)N1CCc2nc(N3CCN(C(C)(C)C)CC3)ncc2C1. The molecule has 23 heavy (non-hydrogen) atoms. The molecule has 0 N–H and O–H groups in total. The summed E-state index contributed by atoms with van der Waals surface area (Å²) in [6, 6.07) is 0.591. The standard InChI is InChI=1S/C18H31N5/c1-14(2)22-7-6-16-15(13-22)12-19-17(20-16)21-8-10-23(11-9-21)18(3,4)5/h12,14H,6-11,13H2,1-5H3. The Bertz CT molecular complexity index is 541. The summed E-state index contributed by atoms with van der Waals surface area (Å²) in [4.78, 5) is 16.9. The average molecular weight is 317 g/mol. The molecule has 1 saturated heterocycles. The van der Waals surface area contributed by atoms with Crippen LogP contribution in [0, 0.1) is 0 Å². The first kappa shape index (κ1) is 16.7. The van der Waals surface area contributed by atoms with Crippen molar-refractivity contribution in [3.63, 3.8) is 0 Å². The fourth-order valence-corrected chi connectivity index (χ4v) is 3.50. The molecular formula is C18H31N5. The molecule has 128 valence electrons. The Labute approximate surface area is 140 Å². The van der Waals surface area contributed by atoms with Crippen molar-refractivity contribution in [3.05, 3.63) is 17.5 Å². The molecule has 2 aliphatic heterocycles. The summed E-state index contributed by atoms with van der Waals surface area (Å²) in [7, 11) is 0. The second-order valence-electron chi connectivity index (χ2n) is 8.10. The number of hydrogen-bond donors (Lipinski definition) is 0. The first-order valence-electron chi connectivity index (χ1n) is 8.93. The number of anilines is 1. The smallest absolute Gasteiger partial charge is 0.225 e. The molecule has 0 radical (unpaired) electrons. The normalized spacial score (nSPS) is 20.9. The van der Waals surface area contributed by atoms with Crippen molar-refractivity contribution in [2.75, 3.05) is 37.6 Å². The minimum atomic E-state index is 0.253. The van der Waals surface area contributed by atoms with E-state index in [1.807, 2.05) is 0 Å². The van der Waals surface area contributed by atoms with E-state index in [4.69, 9.17) is 4.98 Å². The third-order valence-electron chi connectivity index (χ3n) is 5.19. The van der Waals surface area contributed by atoms with Crippen LogP contribution in [-0.4, -0.2) is 64.1 Å². The average Bonchev–Trinajstić information content (AvgIpc) is 2.53. The monoisotopic (exact) mass is 317 g/mol. The molecule has 1 fully saturated rings. The summed E-state index contributed by atoms with van der Waals surface area (Å²) in [5, 5.41) is 0. The summed E-state index contributed by atoms with van der Waals surface area (Å²) in [5.74, 6) is 0.926. The van der Waals surface area contributed by atoms with E-state index in [9.17, 15) is 0 Å². The number of rotatable bonds is 2. The molecule has 0 saturated carbocycles. The van der Waals surface area contributed by atoms with Gasteiger partial charge in [0.25, 0.3) is 0 Å². The summed E-state index contributed by atoms with van der Waals surface area (Å²) in [6.45, 7) is 17.7. The van der Waals surface area contributed by atoms with Gasteiger partial charge in [-0.25, -0.2) is 9.97 Å². The molecule has 3 rings (SSSR count). The van der Waals surface area contributed by atoms with E-state index in [-0.39, 0.29) is 5.54 Å². The van der Waals surface area contributed by atoms with Crippen molar-refractivity contribution >= 4 is 5.95 Å². The van der Waals surface area contributed by atoms with Crippen molar-refractivity contribution in [2.24, 2.45) is 0 Å². The van der Waals surface area contributed by atoms with E-state index >= 15 is 0 Å². The number of piperazine rings is 1. The number of fused-ring (bicyclic) bond motifs is 1. The highest BCUT2D eigenvalue weighted by molar-refractivity contribution is 5.35. The molecule has 0 unspecified atom stereocenters. The Morgan fingerprint density at radius 3 is 2.35 bits per heavy atom. The molecule has 2 aliphatic rings. The number of aromatic nitrogens is 2. The highest BCUT2D eigenvalue weighted by atomic mass is 15.3. The quantitative estimate of drug-likeness (QED) is 0.835. The van der Waals surface area contributed by atoms with Crippen molar-refractivity contribution in [1.29, 1.82) is 0 Å². The molecule has 0 amide bonds. The van der Waals surface area contributed by atoms with E-state index in [0.29, 0.717) is 6.04 Å². The number of nitrogens with zero attached hydrogens (tertiary/aromatic N) is 5. The fraction of sp³-hybridized carbons (Fsp3) is 0.778. The van der Waals surface area contributed by atoms with E-state index < -0.39 is 0 Å². The molecule has 0 aromatic carbocycles. The Hall–Kier alpha value is -1.20. The minimum Gasteiger partial charge on any atom is -0.338 e. The molecule has 0 bridgehead atoms. The predicted molar refractivity (Wildman–Crippen MR) is 94.8 cm³/mol. The van der Waals surface area contributed by atoms with Crippen molar-refractivity contribution in [3.8, 4) is 0 Å². The minimum absolute atomic E-state index is 0.253. The molecule has 5 heteroatoms. The lowest BCUT2D eigenvalue weighted by Gasteiger charge is -2.42. The van der Waals surface area contributed by atoms with Gasteiger partial charge in [-0.3, -0.25) is 9.80 Å². The van der Waals surface area contributed by atoms with Gasteiger partial charge in [0.2, 0.25) is 5.95 Å². The lowest BCUT2D eigenvalue weighted by Crippen LogP contribution is -2.53. The highest BCUT2D eigenvalue weighted by Gasteiger charge is 2.27. The van der Waals surface area contributed by atoms with Crippen LogP contribution in [0.15, 0.2) is 6.20 Å². The summed E-state index contributed by atoms with van der Waals surface area (Å²) in [6.07, 6.45) is 3.10. The van der Waals surface area contributed by atoms with Gasteiger partial charge in [-0.05, 0) is 34.6 Å². The van der Waals surface area contributed by atoms with Crippen LogP contribution >= 0.6 is 0 Å². The Morgan fingerprint density at radius 1 is 1.04 bits per heavy atom. The first-order chi connectivity index (χ1) is 10.8. The van der Waals surface area contributed by atoms with Gasteiger partial charge in [0.1, 0.15) is 0 Å². The van der Waals surface area contributed by atoms with Crippen molar-refractivity contribution in [1.82, 2.24) is 19.8 Å². The molecule has 0 spiro atoms. The molecule has 1 aromatic heterocycles. The summed E-state index contributed by atoms with van der Waals surface area (Å²) < 4.78 is 0. The van der Waals surface area contributed by atoms with Crippen LogP contribution in [-0.2, 0) is 13.0 Å². The van der Waals surface area contributed by atoms with Gasteiger partial charge in [0.15, 0.2) is 0 Å².